The van der Waals surface area contributed by atoms with Gasteiger partial charge in [-0.25, -0.2) is 17.1 Å². The predicted octanol–water partition coefficient (Wildman–Crippen LogP) is 0.620. The van der Waals surface area contributed by atoms with E-state index in [4.69, 9.17) is 5.11 Å². The van der Waals surface area contributed by atoms with E-state index in [0.29, 0.717) is 5.56 Å². The van der Waals surface area contributed by atoms with Crippen LogP contribution in [0.25, 0.3) is 0 Å². The minimum Gasteiger partial charge on any atom is -0.384 e. The molecule has 7 heteroatoms. The zero-order chi connectivity index (χ0) is 15.8. The highest BCUT2D eigenvalue weighted by molar-refractivity contribution is 7.94. The summed E-state index contributed by atoms with van der Waals surface area (Å²) < 4.78 is 36.8. The van der Waals surface area contributed by atoms with Gasteiger partial charge < -0.3 is 5.11 Å². The lowest BCUT2D eigenvalue weighted by Gasteiger charge is -2.43. The Morgan fingerprint density at radius 1 is 1.38 bits per heavy atom. The number of hydrogen-bond donors (Lipinski definition) is 1. The maximum absolute atomic E-state index is 13.5. The van der Waals surface area contributed by atoms with Gasteiger partial charge in [0.2, 0.25) is 0 Å². The van der Waals surface area contributed by atoms with Gasteiger partial charge in [0.05, 0.1) is 12.1 Å². The Kier molecular flexibility index (Phi) is 3.78. The van der Waals surface area contributed by atoms with Crippen LogP contribution < -0.4 is 0 Å². The van der Waals surface area contributed by atoms with E-state index >= 15 is 0 Å². The number of halogens is 1. The van der Waals surface area contributed by atoms with Crippen molar-refractivity contribution >= 4 is 15.9 Å². The van der Waals surface area contributed by atoms with Crippen molar-refractivity contribution in [3.05, 3.63) is 35.1 Å². The minimum absolute atomic E-state index is 0.0474. The van der Waals surface area contributed by atoms with Gasteiger partial charge in [-0.2, -0.15) is 0 Å². The van der Waals surface area contributed by atoms with Crippen molar-refractivity contribution in [2.75, 3.05) is 6.61 Å². The fraction of sp³-hybridized carbons (Fsp3) is 0.357. The molecule has 1 aromatic carbocycles. The molecule has 1 amide bonds. The second-order valence-corrected chi connectivity index (χ2v) is 7.51. The quantitative estimate of drug-likeness (QED) is 0.813. The van der Waals surface area contributed by atoms with Crippen LogP contribution in [0.5, 0.6) is 0 Å². The number of aliphatic hydroxyl groups excluding tert-OH is 1. The standard InChI is InChI=1S/C14H14FNO4S/c1-14(2)13(18)16(21(14,19)20)9-10-5-6-12(15)11(8-10)4-3-7-17/h5-6,8,17H,7,9H2,1-2H3. The smallest absolute Gasteiger partial charge is 0.259 e. The second kappa shape index (κ2) is 5.13. The number of benzene rings is 1. The molecule has 1 fully saturated rings. The Balaban J connectivity index is 2.28. The van der Waals surface area contributed by atoms with Gasteiger partial charge in [0.1, 0.15) is 12.4 Å². The molecule has 0 saturated carbocycles. The van der Waals surface area contributed by atoms with E-state index in [-0.39, 0.29) is 12.1 Å². The van der Waals surface area contributed by atoms with Gasteiger partial charge in [0, 0.05) is 0 Å². The highest BCUT2D eigenvalue weighted by Gasteiger charge is 2.59. The molecule has 1 aromatic rings. The molecule has 0 spiro atoms. The molecule has 0 unspecified atom stereocenters. The van der Waals surface area contributed by atoms with Gasteiger partial charge in [-0.05, 0) is 31.5 Å². The average Bonchev–Trinajstić information content (AvgIpc) is 2.43. The molecule has 0 radical (unpaired) electrons. The Labute approximate surface area is 122 Å². The second-order valence-electron chi connectivity index (χ2n) is 5.10. The van der Waals surface area contributed by atoms with Gasteiger partial charge in [0.15, 0.2) is 4.75 Å². The molecule has 0 aliphatic carbocycles. The fourth-order valence-corrected chi connectivity index (χ4v) is 3.50. The van der Waals surface area contributed by atoms with Crippen molar-refractivity contribution in [3.63, 3.8) is 0 Å². The Morgan fingerprint density at radius 3 is 2.62 bits per heavy atom. The number of amides is 1. The van der Waals surface area contributed by atoms with Crippen LogP contribution in [0.4, 0.5) is 4.39 Å². The van der Waals surface area contributed by atoms with Crippen LogP contribution in [-0.4, -0.2) is 35.1 Å². The molecule has 0 aromatic heterocycles. The highest BCUT2D eigenvalue weighted by Crippen LogP contribution is 2.36. The van der Waals surface area contributed by atoms with Crippen molar-refractivity contribution < 1.29 is 22.7 Å². The van der Waals surface area contributed by atoms with Crippen LogP contribution in [0.3, 0.4) is 0 Å². The topological polar surface area (TPSA) is 74.7 Å². The first kappa shape index (κ1) is 15.5. The molecule has 1 aliphatic heterocycles. The van der Waals surface area contributed by atoms with Gasteiger partial charge in [-0.1, -0.05) is 17.9 Å². The van der Waals surface area contributed by atoms with Gasteiger partial charge in [0.25, 0.3) is 15.9 Å². The molecule has 21 heavy (non-hydrogen) atoms. The monoisotopic (exact) mass is 311 g/mol. The molecule has 2 rings (SSSR count). The van der Waals surface area contributed by atoms with Crippen LogP contribution in [0, 0.1) is 17.7 Å². The van der Waals surface area contributed by atoms with Crippen molar-refractivity contribution in [2.24, 2.45) is 0 Å². The molecule has 1 N–H and O–H groups in total. The maximum atomic E-state index is 13.5. The summed E-state index contributed by atoms with van der Waals surface area (Å²) in [6.07, 6.45) is 0. The van der Waals surface area contributed by atoms with E-state index in [1.807, 2.05) is 0 Å². The summed E-state index contributed by atoms with van der Waals surface area (Å²) in [4.78, 5) is 11.8. The molecule has 112 valence electrons. The van der Waals surface area contributed by atoms with Crippen LogP contribution in [0.2, 0.25) is 0 Å². The number of sulfonamides is 1. The van der Waals surface area contributed by atoms with Gasteiger partial charge in [-0.15, -0.1) is 0 Å². The molecule has 5 nitrogen and oxygen atoms in total. The molecular weight excluding hydrogens is 297 g/mol. The van der Waals surface area contributed by atoms with E-state index in [1.165, 1.54) is 26.0 Å². The largest absolute Gasteiger partial charge is 0.384 e. The van der Waals surface area contributed by atoms with Gasteiger partial charge in [-0.3, -0.25) is 4.79 Å². The SMILES string of the molecule is CC1(C)C(=O)N(Cc2ccc(F)c(C#CCO)c2)S1(=O)=O. The normalized spacial score (nSPS) is 18.7. The van der Waals surface area contributed by atoms with Crippen molar-refractivity contribution in [3.8, 4) is 11.8 Å². The Bertz CT molecular complexity index is 759. The fourth-order valence-electron chi connectivity index (χ4n) is 1.98. The summed E-state index contributed by atoms with van der Waals surface area (Å²) in [6.45, 7) is 2.14. The summed E-state index contributed by atoms with van der Waals surface area (Å²) in [5.74, 6) is 3.69. The number of aliphatic hydroxyl groups is 1. The summed E-state index contributed by atoms with van der Waals surface area (Å²) in [6, 6.07) is 3.92. The highest BCUT2D eigenvalue weighted by atomic mass is 32.2. The van der Waals surface area contributed by atoms with Crippen LogP contribution in [0.15, 0.2) is 18.2 Å². The zero-order valence-corrected chi connectivity index (χ0v) is 12.4. The first-order valence-corrected chi connectivity index (χ1v) is 7.60. The van der Waals surface area contributed by atoms with Crippen molar-refractivity contribution in [1.29, 1.82) is 0 Å². The molecule has 0 bridgehead atoms. The molecule has 1 aliphatic rings. The molecule has 1 saturated heterocycles. The number of hydrogen-bond acceptors (Lipinski definition) is 4. The molecule has 0 atom stereocenters. The number of carbonyl (C=O) groups is 1. The molecular formula is C14H14FNO4S. The first-order valence-electron chi connectivity index (χ1n) is 6.16. The number of rotatable bonds is 2. The summed E-state index contributed by atoms with van der Waals surface area (Å²) in [5.41, 5.74) is 0.497. The van der Waals surface area contributed by atoms with E-state index < -0.39 is 33.1 Å². The van der Waals surface area contributed by atoms with E-state index in [9.17, 15) is 17.6 Å². The lowest BCUT2D eigenvalue weighted by molar-refractivity contribution is -0.132. The number of nitrogens with zero attached hydrogens (tertiary/aromatic N) is 1. The predicted molar refractivity (Wildman–Crippen MR) is 73.9 cm³/mol. The van der Waals surface area contributed by atoms with E-state index in [2.05, 4.69) is 11.8 Å². The first-order chi connectivity index (χ1) is 9.71. The third kappa shape index (κ3) is 2.41. The molecule has 1 heterocycles. The third-order valence-electron chi connectivity index (χ3n) is 3.34. The van der Waals surface area contributed by atoms with Crippen LogP contribution >= 0.6 is 0 Å². The number of carbonyl (C=O) groups excluding carboxylic acids is 1. The van der Waals surface area contributed by atoms with Crippen molar-refractivity contribution in [1.82, 2.24) is 4.31 Å². The Hall–Kier alpha value is -1.91. The summed E-state index contributed by atoms with van der Waals surface area (Å²) in [5, 5.41) is 8.61. The summed E-state index contributed by atoms with van der Waals surface area (Å²) >= 11 is 0. The van der Waals surface area contributed by atoms with Crippen LogP contribution in [-0.2, 0) is 21.4 Å². The van der Waals surface area contributed by atoms with Crippen LogP contribution in [0.1, 0.15) is 25.0 Å². The minimum atomic E-state index is -3.67. The van der Waals surface area contributed by atoms with Gasteiger partial charge >= 0.3 is 0 Å². The summed E-state index contributed by atoms with van der Waals surface area (Å²) in [7, 11) is -3.67. The third-order valence-corrected chi connectivity index (χ3v) is 5.68. The lowest BCUT2D eigenvalue weighted by atomic mass is 10.1. The van der Waals surface area contributed by atoms with Crippen molar-refractivity contribution in [2.45, 2.75) is 25.1 Å². The maximum Gasteiger partial charge on any atom is 0.259 e. The average molecular weight is 311 g/mol. The lowest BCUT2D eigenvalue weighted by Crippen LogP contribution is -2.66. The Morgan fingerprint density at radius 2 is 2.05 bits per heavy atom. The van der Waals surface area contributed by atoms with E-state index in [1.54, 1.807) is 0 Å². The van der Waals surface area contributed by atoms with E-state index in [0.717, 1.165) is 10.4 Å². The zero-order valence-electron chi connectivity index (χ0n) is 11.6.